The molecule has 19 heavy (non-hydrogen) atoms. The van der Waals surface area contributed by atoms with Crippen molar-refractivity contribution in [1.82, 2.24) is 5.32 Å². The molecule has 0 atom stereocenters. The fourth-order valence-electron chi connectivity index (χ4n) is 1.43. The number of ether oxygens (including phenoxy) is 1. The van der Waals surface area contributed by atoms with Crippen LogP contribution in [0.15, 0.2) is 24.3 Å². The second-order valence-electron chi connectivity index (χ2n) is 4.30. The molecule has 5 nitrogen and oxygen atoms in total. The van der Waals surface area contributed by atoms with Gasteiger partial charge in [0, 0.05) is 12.2 Å². The Balaban J connectivity index is 2.33. The fourth-order valence-corrected chi connectivity index (χ4v) is 1.43. The highest BCUT2D eigenvalue weighted by Crippen LogP contribution is 2.16. The zero-order chi connectivity index (χ0) is 14.1. The molecule has 2 N–H and O–H groups in total. The van der Waals surface area contributed by atoms with Crippen LogP contribution >= 0.6 is 0 Å². The number of amides is 1. The van der Waals surface area contributed by atoms with Crippen molar-refractivity contribution in [2.24, 2.45) is 0 Å². The number of rotatable bonds is 7. The molecule has 0 heterocycles. The molecule has 1 aromatic rings. The molecule has 0 aliphatic heterocycles. The van der Waals surface area contributed by atoms with Gasteiger partial charge in [-0.05, 0) is 38.1 Å². The Labute approximate surface area is 113 Å². The van der Waals surface area contributed by atoms with E-state index in [1.807, 2.05) is 44.2 Å². The Morgan fingerprint density at radius 1 is 1.37 bits per heavy atom. The molecule has 0 aromatic heterocycles. The third kappa shape index (κ3) is 6.32. The van der Waals surface area contributed by atoms with Gasteiger partial charge in [-0.3, -0.25) is 4.79 Å². The SMILES string of the molecule is CC(C)Oc1ccc(NCC(=O)NCCC#N)cc1. The summed E-state index contributed by atoms with van der Waals surface area (Å²) in [5, 5.41) is 14.0. The van der Waals surface area contributed by atoms with Crippen LogP contribution in [-0.4, -0.2) is 25.1 Å². The summed E-state index contributed by atoms with van der Waals surface area (Å²) < 4.78 is 5.52. The normalized spacial score (nSPS) is 9.79. The topological polar surface area (TPSA) is 74.2 Å². The molecule has 0 aliphatic carbocycles. The molecule has 0 spiro atoms. The standard InChI is InChI=1S/C14H19N3O2/c1-11(2)19-13-6-4-12(5-7-13)17-10-14(18)16-9-3-8-15/h4-7,11,17H,3,9-10H2,1-2H3,(H,16,18). The smallest absolute Gasteiger partial charge is 0.239 e. The maximum Gasteiger partial charge on any atom is 0.239 e. The van der Waals surface area contributed by atoms with E-state index < -0.39 is 0 Å². The van der Waals surface area contributed by atoms with E-state index in [4.69, 9.17) is 10.00 Å². The first-order valence-corrected chi connectivity index (χ1v) is 6.26. The molecule has 0 radical (unpaired) electrons. The van der Waals surface area contributed by atoms with Gasteiger partial charge in [-0.25, -0.2) is 0 Å². The quantitative estimate of drug-likeness (QED) is 0.735. The van der Waals surface area contributed by atoms with E-state index >= 15 is 0 Å². The summed E-state index contributed by atoms with van der Waals surface area (Å²) in [6.45, 7) is 4.52. The minimum Gasteiger partial charge on any atom is -0.491 e. The summed E-state index contributed by atoms with van der Waals surface area (Å²) in [5.41, 5.74) is 0.853. The first kappa shape index (κ1) is 14.8. The van der Waals surface area contributed by atoms with Crippen molar-refractivity contribution in [3.05, 3.63) is 24.3 Å². The summed E-state index contributed by atoms with van der Waals surface area (Å²) >= 11 is 0. The third-order valence-electron chi connectivity index (χ3n) is 2.24. The zero-order valence-corrected chi connectivity index (χ0v) is 11.3. The summed E-state index contributed by atoms with van der Waals surface area (Å²) in [6, 6.07) is 9.41. The second-order valence-corrected chi connectivity index (χ2v) is 4.30. The van der Waals surface area contributed by atoms with Crippen LogP contribution in [0, 0.1) is 11.3 Å². The van der Waals surface area contributed by atoms with Crippen molar-refractivity contribution in [1.29, 1.82) is 5.26 Å². The number of hydrogen-bond acceptors (Lipinski definition) is 4. The molecular formula is C14H19N3O2. The van der Waals surface area contributed by atoms with Crippen molar-refractivity contribution in [3.8, 4) is 11.8 Å². The minimum atomic E-state index is -0.127. The molecule has 0 saturated carbocycles. The van der Waals surface area contributed by atoms with Crippen LogP contribution in [-0.2, 0) is 4.79 Å². The van der Waals surface area contributed by atoms with E-state index in [1.165, 1.54) is 0 Å². The molecule has 1 aromatic carbocycles. The van der Waals surface area contributed by atoms with Gasteiger partial charge in [-0.1, -0.05) is 0 Å². The zero-order valence-electron chi connectivity index (χ0n) is 11.3. The lowest BCUT2D eigenvalue weighted by molar-refractivity contribution is -0.119. The van der Waals surface area contributed by atoms with Crippen LogP contribution in [0.5, 0.6) is 5.75 Å². The predicted octanol–water partition coefficient (Wildman–Crippen LogP) is 1.92. The van der Waals surface area contributed by atoms with Gasteiger partial charge < -0.3 is 15.4 Å². The van der Waals surface area contributed by atoms with E-state index in [0.717, 1.165) is 11.4 Å². The number of nitriles is 1. The predicted molar refractivity (Wildman–Crippen MR) is 73.9 cm³/mol. The largest absolute Gasteiger partial charge is 0.491 e. The van der Waals surface area contributed by atoms with Gasteiger partial charge in [-0.15, -0.1) is 0 Å². The Bertz CT molecular complexity index is 435. The monoisotopic (exact) mass is 261 g/mol. The fraction of sp³-hybridized carbons (Fsp3) is 0.429. The highest BCUT2D eigenvalue weighted by Gasteiger charge is 2.01. The number of benzene rings is 1. The van der Waals surface area contributed by atoms with Crippen LogP contribution in [0.3, 0.4) is 0 Å². The molecule has 0 unspecified atom stereocenters. The maximum atomic E-state index is 11.4. The molecule has 0 bridgehead atoms. The lowest BCUT2D eigenvalue weighted by atomic mass is 10.3. The molecule has 0 fully saturated rings. The molecule has 5 heteroatoms. The Morgan fingerprint density at radius 2 is 2.05 bits per heavy atom. The summed E-state index contributed by atoms with van der Waals surface area (Å²) in [4.78, 5) is 11.4. The lowest BCUT2D eigenvalue weighted by Gasteiger charge is -2.11. The number of nitrogens with zero attached hydrogens (tertiary/aromatic N) is 1. The third-order valence-corrected chi connectivity index (χ3v) is 2.24. The molecule has 1 rings (SSSR count). The van der Waals surface area contributed by atoms with Gasteiger partial charge in [-0.2, -0.15) is 5.26 Å². The first-order valence-electron chi connectivity index (χ1n) is 6.26. The van der Waals surface area contributed by atoms with Crippen LogP contribution in [0.1, 0.15) is 20.3 Å². The van der Waals surface area contributed by atoms with E-state index in [0.29, 0.717) is 13.0 Å². The number of carbonyl (C=O) groups is 1. The van der Waals surface area contributed by atoms with Gasteiger partial charge in [0.05, 0.1) is 25.1 Å². The van der Waals surface area contributed by atoms with Crippen molar-refractivity contribution < 1.29 is 9.53 Å². The van der Waals surface area contributed by atoms with Crippen molar-refractivity contribution in [2.75, 3.05) is 18.4 Å². The van der Waals surface area contributed by atoms with E-state index in [2.05, 4.69) is 10.6 Å². The maximum absolute atomic E-state index is 11.4. The molecule has 0 aliphatic rings. The van der Waals surface area contributed by atoms with E-state index in [1.54, 1.807) is 0 Å². The van der Waals surface area contributed by atoms with Gasteiger partial charge in [0.1, 0.15) is 5.75 Å². The van der Waals surface area contributed by atoms with Crippen molar-refractivity contribution >= 4 is 11.6 Å². The van der Waals surface area contributed by atoms with Gasteiger partial charge in [0.2, 0.25) is 5.91 Å². The summed E-state index contributed by atoms with van der Waals surface area (Å²) in [5.74, 6) is 0.678. The highest BCUT2D eigenvalue weighted by atomic mass is 16.5. The number of anilines is 1. The van der Waals surface area contributed by atoms with Crippen LogP contribution in [0.25, 0.3) is 0 Å². The van der Waals surface area contributed by atoms with Crippen LogP contribution in [0.2, 0.25) is 0 Å². The Kier molecular flexibility index (Phi) is 6.23. The van der Waals surface area contributed by atoms with E-state index in [-0.39, 0.29) is 18.6 Å². The average molecular weight is 261 g/mol. The first-order chi connectivity index (χ1) is 9.11. The number of nitrogens with one attached hydrogen (secondary N) is 2. The van der Waals surface area contributed by atoms with Crippen molar-refractivity contribution in [3.63, 3.8) is 0 Å². The average Bonchev–Trinajstić information content (AvgIpc) is 2.37. The highest BCUT2D eigenvalue weighted by molar-refractivity contribution is 5.80. The van der Waals surface area contributed by atoms with E-state index in [9.17, 15) is 4.79 Å². The number of carbonyl (C=O) groups excluding carboxylic acids is 1. The number of hydrogen-bond donors (Lipinski definition) is 2. The molecule has 1 amide bonds. The lowest BCUT2D eigenvalue weighted by Crippen LogP contribution is -2.30. The summed E-state index contributed by atoms with van der Waals surface area (Å²) in [7, 11) is 0. The van der Waals surface area contributed by atoms with Gasteiger partial charge >= 0.3 is 0 Å². The van der Waals surface area contributed by atoms with Crippen LogP contribution in [0.4, 0.5) is 5.69 Å². The van der Waals surface area contributed by atoms with Crippen LogP contribution < -0.4 is 15.4 Å². The molecule has 102 valence electrons. The Morgan fingerprint density at radius 3 is 2.63 bits per heavy atom. The van der Waals surface area contributed by atoms with Gasteiger partial charge in [0.25, 0.3) is 0 Å². The summed E-state index contributed by atoms with van der Waals surface area (Å²) in [6.07, 6.45) is 0.470. The molecular weight excluding hydrogens is 242 g/mol. The molecule has 0 saturated heterocycles. The Hall–Kier alpha value is -2.22. The van der Waals surface area contributed by atoms with Gasteiger partial charge in [0.15, 0.2) is 0 Å². The minimum absolute atomic E-state index is 0.127. The van der Waals surface area contributed by atoms with Crippen molar-refractivity contribution in [2.45, 2.75) is 26.4 Å². The second kappa shape index (κ2) is 7.98.